The van der Waals surface area contributed by atoms with Crippen LogP contribution in [0.25, 0.3) is 0 Å². The maximum absolute atomic E-state index is 11.5. The molecule has 0 bridgehead atoms. The Morgan fingerprint density at radius 2 is 2.00 bits per heavy atom. The fourth-order valence-corrected chi connectivity index (χ4v) is 2.66. The van der Waals surface area contributed by atoms with Gasteiger partial charge in [0, 0.05) is 11.4 Å². The van der Waals surface area contributed by atoms with E-state index in [-0.39, 0.29) is 6.09 Å². The van der Waals surface area contributed by atoms with Crippen molar-refractivity contribution in [3.05, 3.63) is 24.3 Å². The molecule has 1 aromatic rings. The number of benzene rings is 1. The standard InChI is InChI=1S/C14H17N3O4/c1-14(9-18)17(8-12(15)21-14)11-4-2-10(3-5-11)16-6-7-20-13(16)19/h2-5,9,12H,6-8,15H2,1H3. The Labute approximate surface area is 122 Å². The van der Waals surface area contributed by atoms with Crippen LogP contribution in [0.15, 0.2) is 24.3 Å². The van der Waals surface area contributed by atoms with Gasteiger partial charge in [-0.15, -0.1) is 0 Å². The molecule has 1 aromatic carbocycles. The predicted molar refractivity (Wildman–Crippen MR) is 76.0 cm³/mol. The first-order valence-corrected chi connectivity index (χ1v) is 6.75. The van der Waals surface area contributed by atoms with Crippen molar-refractivity contribution in [2.75, 3.05) is 29.5 Å². The van der Waals surface area contributed by atoms with Crippen molar-refractivity contribution in [3.8, 4) is 0 Å². The largest absolute Gasteiger partial charge is 0.447 e. The van der Waals surface area contributed by atoms with E-state index >= 15 is 0 Å². The topological polar surface area (TPSA) is 85.1 Å². The lowest BCUT2D eigenvalue weighted by Gasteiger charge is -2.30. The third kappa shape index (κ3) is 2.34. The molecule has 0 radical (unpaired) electrons. The molecule has 7 nitrogen and oxygen atoms in total. The number of hydrogen-bond donors (Lipinski definition) is 1. The zero-order valence-electron chi connectivity index (χ0n) is 11.7. The number of hydrogen-bond acceptors (Lipinski definition) is 6. The van der Waals surface area contributed by atoms with Gasteiger partial charge < -0.3 is 20.1 Å². The minimum Gasteiger partial charge on any atom is -0.447 e. The summed E-state index contributed by atoms with van der Waals surface area (Å²) in [6.07, 6.45) is -0.105. The van der Waals surface area contributed by atoms with Gasteiger partial charge in [0.25, 0.3) is 0 Å². The molecule has 0 saturated carbocycles. The van der Waals surface area contributed by atoms with E-state index in [9.17, 15) is 9.59 Å². The van der Waals surface area contributed by atoms with Crippen LogP contribution in [0, 0.1) is 0 Å². The molecule has 2 aliphatic rings. The normalized spacial score (nSPS) is 28.9. The lowest BCUT2D eigenvalue weighted by atomic mass is 10.2. The highest BCUT2D eigenvalue weighted by molar-refractivity contribution is 5.89. The highest BCUT2D eigenvalue weighted by Crippen LogP contribution is 2.31. The van der Waals surface area contributed by atoms with E-state index in [0.717, 1.165) is 17.7 Å². The fourth-order valence-electron chi connectivity index (χ4n) is 2.66. The summed E-state index contributed by atoms with van der Waals surface area (Å²) in [7, 11) is 0. The molecule has 2 saturated heterocycles. The average molecular weight is 291 g/mol. The van der Waals surface area contributed by atoms with E-state index < -0.39 is 12.0 Å². The molecule has 0 aliphatic carbocycles. The third-order valence-corrected chi connectivity index (χ3v) is 3.74. The molecule has 1 amide bonds. The van der Waals surface area contributed by atoms with Crippen molar-refractivity contribution in [2.24, 2.45) is 5.73 Å². The second-order valence-electron chi connectivity index (χ2n) is 5.22. The van der Waals surface area contributed by atoms with Gasteiger partial charge in [-0.3, -0.25) is 9.69 Å². The van der Waals surface area contributed by atoms with Crippen LogP contribution in [0.3, 0.4) is 0 Å². The summed E-state index contributed by atoms with van der Waals surface area (Å²) in [5.41, 5.74) is 6.28. The van der Waals surface area contributed by atoms with Crippen molar-refractivity contribution in [2.45, 2.75) is 18.9 Å². The molecule has 2 fully saturated rings. The van der Waals surface area contributed by atoms with E-state index in [1.54, 1.807) is 16.7 Å². The van der Waals surface area contributed by atoms with Gasteiger partial charge >= 0.3 is 6.09 Å². The molecule has 0 spiro atoms. The van der Waals surface area contributed by atoms with Gasteiger partial charge in [0.1, 0.15) is 12.8 Å². The number of carbonyl (C=O) groups is 2. The lowest BCUT2D eigenvalue weighted by Crippen LogP contribution is -2.43. The zero-order chi connectivity index (χ0) is 15.0. The van der Waals surface area contributed by atoms with Crippen LogP contribution < -0.4 is 15.5 Å². The Hall–Kier alpha value is -2.12. The molecule has 2 unspecified atom stereocenters. The number of nitrogens with zero attached hydrogens (tertiary/aromatic N) is 2. The summed E-state index contributed by atoms with van der Waals surface area (Å²) < 4.78 is 10.4. The van der Waals surface area contributed by atoms with Crippen molar-refractivity contribution >= 4 is 23.8 Å². The van der Waals surface area contributed by atoms with Crippen LogP contribution >= 0.6 is 0 Å². The van der Waals surface area contributed by atoms with Crippen LogP contribution in [0.4, 0.5) is 16.2 Å². The first kappa shape index (κ1) is 13.8. The molecule has 2 aliphatic heterocycles. The number of nitrogens with two attached hydrogens (primary N) is 1. The van der Waals surface area contributed by atoms with Crippen LogP contribution in [0.1, 0.15) is 6.92 Å². The predicted octanol–water partition coefficient (Wildman–Crippen LogP) is 0.680. The molecular weight excluding hydrogens is 274 g/mol. The first-order chi connectivity index (χ1) is 10.0. The second-order valence-corrected chi connectivity index (χ2v) is 5.22. The van der Waals surface area contributed by atoms with Crippen LogP contribution in [0.5, 0.6) is 0 Å². The molecule has 2 atom stereocenters. The zero-order valence-corrected chi connectivity index (χ0v) is 11.7. The Bertz CT molecular complexity index is 562. The van der Waals surface area contributed by atoms with Crippen LogP contribution in [0.2, 0.25) is 0 Å². The smallest absolute Gasteiger partial charge is 0.414 e. The minimum atomic E-state index is -1.06. The van der Waals surface area contributed by atoms with Gasteiger partial charge in [-0.05, 0) is 31.2 Å². The summed E-state index contributed by atoms with van der Waals surface area (Å²) >= 11 is 0. The van der Waals surface area contributed by atoms with Crippen molar-refractivity contribution in [1.29, 1.82) is 0 Å². The van der Waals surface area contributed by atoms with Crippen LogP contribution in [-0.4, -0.2) is 44.0 Å². The van der Waals surface area contributed by atoms with E-state index in [1.165, 1.54) is 0 Å². The highest BCUT2D eigenvalue weighted by atomic mass is 16.6. The molecule has 112 valence electrons. The van der Waals surface area contributed by atoms with E-state index in [2.05, 4.69) is 0 Å². The van der Waals surface area contributed by atoms with E-state index in [1.807, 2.05) is 24.3 Å². The summed E-state index contributed by atoms with van der Waals surface area (Å²) in [6.45, 7) is 3.06. The van der Waals surface area contributed by atoms with Gasteiger partial charge in [-0.1, -0.05) is 0 Å². The Morgan fingerprint density at radius 1 is 1.33 bits per heavy atom. The maximum Gasteiger partial charge on any atom is 0.414 e. The molecule has 3 rings (SSSR count). The first-order valence-electron chi connectivity index (χ1n) is 6.75. The Morgan fingerprint density at radius 3 is 2.57 bits per heavy atom. The van der Waals surface area contributed by atoms with Gasteiger partial charge in [-0.2, -0.15) is 0 Å². The van der Waals surface area contributed by atoms with Crippen molar-refractivity contribution < 1.29 is 19.1 Å². The minimum absolute atomic E-state index is 0.341. The fraction of sp³-hybridized carbons (Fsp3) is 0.429. The quantitative estimate of drug-likeness (QED) is 0.824. The number of aldehydes is 1. The lowest BCUT2D eigenvalue weighted by molar-refractivity contribution is -0.127. The second kappa shape index (κ2) is 5.01. The average Bonchev–Trinajstić information content (AvgIpc) is 3.03. The monoisotopic (exact) mass is 291 g/mol. The summed E-state index contributed by atoms with van der Waals surface area (Å²) in [5, 5.41) is 0. The van der Waals surface area contributed by atoms with Crippen molar-refractivity contribution in [3.63, 3.8) is 0 Å². The van der Waals surface area contributed by atoms with E-state index in [4.69, 9.17) is 15.2 Å². The Balaban J connectivity index is 1.84. The third-order valence-electron chi connectivity index (χ3n) is 3.74. The van der Waals surface area contributed by atoms with Crippen LogP contribution in [-0.2, 0) is 14.3 Å². The number of amides is 1. The van der Waals surface area contributed by atoms with Gasteiger partial charge in [0.2, 0.25) is 0 Å². The summed E-state index contributed by atoms with van der Waals surface area (Å²) in [4.78, 5) is 26.2. The maximum atomic E-state index is 11.5. The van der Waals surface area contributed by atoms with Gasteiger partial charge in [-0.25, -0.2) is 4.79 Å². The number of ether oxygens (including phenoxy) is 2. The number of anilines is 2. The molecule has 7 heteroatoms. The SMILES string of the molecule is CC1(C=O)OC(N)CN1c1ccc(N2CCOC2=O)cc1. The number of cyclic esters (lactones) is 1. The van der Waals surface area contributed by atoms with Gasteiger partial charge in [0.05, 0.1) is 13.1 Å². The molecule has 21 heavy (non-hydrogen) atoms. The molecular formula is C14H17N3O4. The molecule has 2 heterocycles. The van der Waals surface area contributed by atoms with Gasteiger partial charge in [0.15, 0.2) is 12.0 Å². The highest BCUT2D eigenvalue weighted by Gasteiger charge is 2.42. The molecule has 0 aromatic heterocycles. The number of carbonyl (C=O) groups excluding carboxylic acids is 2. The summed E-state index contributed by atoms with van der Waals surface area (Å²) in [5.74, 6) is 0. The molecule has 2 N–H and O–H groups in total. The number of rotatable bonds is 3. The summed E-state index contributed by atoms with van der Waals surface area (Å²) in [6, 6.07) is 7.31. The van der Waals surface area contributed by atoms with E-state index in [0.29, 0.717) is 19.7 Å². The van der Waals surface area contributed by atoms with Crippen molar-refractivity contribution in [1.82, 2.24) is 0 Å². The Kier molecular flexibility index (Phi) is 3.30.